The quantitative estimate of drug-likeness (QED) is 0.620. The van der Waals surface area contributed by atoms with Crippen LogP contribution in [-0.2, 0) is 20.7 Å². The lowest BCUT2D eigenvalue weighted by atomic mass is 9.96. The molecular formula is C13H15BrO3. The fourth-order valence-electron chi connectivity index (χ4n) is 1.54. The molecule has 1 atom stereocenters. The van der Waals surface area contributed by atoms with E-state index in [1.165, 1.54) is 6.92 Å². The van der Waals surface area contributed by atoms with E-state index in [2.05, 4.69) is 15.9 Å². The summed E-state index contributed by atoms with van der Waals surface area (Å²) in [6.45, 7) is 3.44. The summed E-state index contributed by atoms with van der Waals surface area (Å²) in [7, 11) is 0. The minimum absolute atomic E-state index is 0.163. The van der Waals surface area contributed by atoms with Gasteiger partial charge in [0.25, 0.3) is 0 Å². The number of benzene rings is 1. The molecule has 0 aliphatic heterocycles. The molecule has 4 heteroatoms. The normalized spacial score (nSPS) is 11.9. The monoisotopic (exact) mass is 298 g/mol. The van der Waals surface area contributed by atoms with Crippen LogP contribution >= 0.6 is 15.9 Å². The lowest BCUT2D eigenvalue weighted by Crippen LogP contribution is -2.26. The second kappa shape index (κ2) is 6.55. The number of Topliss-reactive ketones (excluding diaryl/α,β-unsaturated/α-hetero) is 1. The van der Waals surface area contributed by atoms with Gasteiger partial charge in [-0.15, -0.1) is 0 Å². The maximum absolute atomic E-state index is 11.6. The molecule has 0 saturated heterocycles. The Hall–Kier alpha value is -1.16. The van der Waals surface area contributed by atoms with Gasteiger partial charge in [-0.2, -0.15) is 0 Å². The van der Waals surface area contributed by atoms with Crippen molar-refractivity contribution < 1.29 is 14.3 Å². The molecule has 0 aliphatic rings. The molecule has 0 radical (unpaired) electrons. The average molecular weight is 299 g/mol. The Balaban J connectivity index is 2.80. The number of halogens is 1. The molecule has 0 fully saturated rings. The number of esters is 1. The Morgan fingerprint density at radius 2 is 2.12 bits per heavy atom. The fourth-order valence-corrected chi connectivity index (χ4v) is 1.98. The molecule has 17 heavy (non-hydrogen) atoms. The zero-order chi connectivity index (χ0) is 12.8. The Labute approximate surface area is 109 Å². The van der Waals surface area contributed by atoms with Crippen LogP contribution < -0.4 is 0 Å². The molecule has 0 heterocycles. The van der Waals surface area contributed by atoms with Crippen LogP contribution in [0.1, 0.15) is 19.4 Å². The third-order valence-corrected chi connectivity index (χ3v) is 2.88. The largest absolute Gasteiger partial charge is 0.465 e. The molecule has 0 bridgehead atoms. The molecule has 92 valence electrons. The molecule has 1 rings (SSSR count). The lowest BCUT2D eigenvalue weighted by Gasteiger charge is -2.12. The van der Waals surface area contributed by atoms with Crippen LogP contribution in [-0.4, -0.2) is 18.4 Å². The molecule has 1 aromatic rings. The van der Waals surface area contributed by atoms with E-state index >= 15 is 0 Å². The van der Waals surface area contributed by atoms with Crippen LogP contribution in [0.3, 0.4) is 0 Å². The first-order chi connectivity index (χ1) is 8.04. The van der Waals surface area contributed by atoms with Crippen LogP contribution in [0.25, 0.3) is 0 Å². The first kappa shape index (κ1) is 13.9. The molecular weight excluding hydrogens is 284 g/mol. The summed E-state index contributed by atoms with van der Waals surface area (Å²) in [4.78, 5) is 23.1. The van der Waals surface area contributed by atoms with Gasteiger partial charge in [-0.1, -0.05) is 28.1 Å². The van der Waals surface area contributed by atoms with Crippen molar-refractivity contribution >= 4 is 27.7 Å². The summed E-state index contributed by atoms with van der Waals surface area (Å²) in [6, 6.07) is 7.56. The van der Waals surface area contributed by atoms with Crippen molar-refractivity contribution in [1.29, 1.82) is 0 Å². The predicted octanol–water partition coefficient (Wildman–Crippen LogP) is 2.76. The standard InChI is InChI=1S/C13H15BrO3/c1-3-17-13(16)12(9(2)15)8-10-5-4-6-11(14)7-10/h4-7,12H,3,8H2,1-2H3. The summed E-state index contributed by atoms with van der Waals surface area (Å²) < 4.78 is 5.83. The Morgan fingerprint density at radius 3 is 2.65 bits per heavy atom. The van der Waals surface area contributed by atoms with E-state index < -0.39 is 11.9 Å². The van der Waals surface area contributed by atoms with Gasteiger partial charge in [0.1, 0.15) is 11.7 Å². The smallest absolute Gasteiger partial charge is 0.316 e. The Bertz CT molecular complexity index is 415. The Kier molecular flexibility index (Phi) is 5.35. The minimum Gasteiger partial charge on any atom is -0.465 e. The maximum atomic E-state index is 11.6. The van der Waals surface area contributed by atoms with E-state index in [4.69, 9.17) is 4.74 Å². The van der Waals surface area contributed by atoms with Gasteiger partial charge in [0.05, 0.1) is 6.61 Å². The SMILES string of the molecule is CCOC(=O)C(Cc1cccc(Br)c1)C(C)=O. The fraction of sp³-hybridized carbons (Fsp3) is 0.385. The molecule has 3 nitrogen and oxygen atoms in total. The van der Waals surface area contributed by atoms with E-state index in [1.807, 2.05) is 24.3 Å². The van der Waals surface area contributed by atoms with Crippen molar-refractivity contribution in [2.75, 3.05) is 6.61 Å². The van der Waals surface area contributed by atoms with Gasteiger partial charge >= 0.3 is 5.97 Å². The highest BCUT2D eigenvalue weighted by molar-refractivity contribution is 9.10. The van der Waals surface area contributed by atoms with E-state index in [-0.39, 0.29) is 5.78 Å². The van der Waals surface area contributed by atoms with Crippen LogP contribution in [0.4, 0.5) is 0 Å². The number of carbonyl (C=O) groups is 2. The van der Waals surface area contributed by atoms with Gasteiger partial charge in [0, 0.05) is 4.47 Å². The van der Waals surface area contributed by atoms with Gasteiger partial charge in [-0.25, -0.2) is 0 Å². The molecule has 0 amide bonds. The molecule has 0 spiro atoms. The van der Waals surface area contributed by atoms with Gasteiger partial charge in [-0.05, 0) is 38.0 Å². The zero-order valence-electron chi connectivity index (χ0n) is 9.90. The summed E-state index contributed by atoms with van der Waals surface area (Å²) in [6.07, 6.45) is 0.383. The van der Waals surface area contributed by atoms with Gasteiger partial charge in [0.15, 0.2) is 0 Å². The van der Waals surface area contributed by atoms with Crippen molar-refractivity contribution in [3.8, 4) is 0 Å². The highest BCUT2D eigenvalue weighted by atomic mass is 79.9. The number of hydrogen-bond acceptors (Lipinski definition) is 3. The molecule has 0 aromatic heterocycles. The number of hydrogen-bond donors (Lipinski definition) is 0. The average Bonchev–Trinajstić information content (AvgIpc) is 2.26. The zero-order valence-corrected chi connectivity index (χ0v) is 11.5. The van der Waals surface area contributed by atoms with Gasteiger partial charge in [-0.3, -0.25) is 9.59 Å². The van der Waals surface area contributed by atoms with Crippen molar-refractivity contribution in [2.45, 2.75) is 20.3 Å². The van der Waals surface area contributed by atoms with Crippen LogP contribution in [0.2, 0.25) is 0 Å². The predicted molar refractivity (Wildman–Crippen MR) is 68.7 cm³/mol. The van der Waals surface area contributed by atoms with Gasteiger partial charge in [0.2, 0.25) is 0 Å². The number of carbonyl (C=O) groups excluding carboxylic acids is 2. The van der Waals surface area contributed by atoms with Crippen LogP contribution in [0, 0.1) is 5.92 Å². The van der Waals surface area contributed by atoms with Crippen LogP contribution in [0.5, 0.6) is 0 Å². The highest BCUT2D eigenvalue weighted by Gasteiger charge is 2.24. The number of rotatable bonds is 5. The summed E-state index contributed by atoms with van der Waals surface area (Å²) in [5.74, 6) is -1.31. The lowest BCUT2D eigenvalue weighted by molar-refractivity contribution is -0.151. The maximum Gasteiger partial charge on any atom is 0.316 e. The first-order valence-corrected chi connectivity index (χ1v) is 6.25. The summed E-state index contributed by atoms with van der Waals surface area (Å²) >= 11 is 3.36. The molecule has 0 aliphatic carbocycles. The van der Waals surface area contributed by atoms with Crippen LogP contribution in [0.15, 0.2) is 28.7 Å². The first-order valence-electron chi connectivity index (χ1n) is 5.46. The topological polar surface area (TPSA) is 43.4 Å². The van der Waals surface area contributed by atoms with Crippen molar-refractivity contribution in [1.82, 2.24) is 0 Å². The molecule has 1 aromatic carbocycles. The number of ketones is 1. The molecule has 1 unspecified atom stereocenters. The highest BCUT2D eigenvalue weighted by Crippen LogP contribution is 2.16. The minimum atomic E-state index is -0.704. The third kappa shape index (κ3) is 4.30. The van der Waals surface area contributed by atoms with E-state index in [1.54, 1.807) is 6.92 Å². The molecule has 0 N–H and O–H groups in total. The third-order valence-electron chi connectivity index (χ3n) is 2.39. The van der Waals surface area contributed by atoms with Gasteiger partial charge < -0.3 is 4.74 Å². The van der Waals surface area contributed by atoms with Crippen molar-refractivity contribution in [2.24, 2.45) is 5.92 Å². The molecule has 0 saturated carbocycles. The second-order valence-electron chi connectivity index (χ2n) is 3.75. The van der Waals surface area contributed by atoms with Crippen molar-refractivity contribution in [3.05, 3.63) is 34.3 Å². The van der Waals surface area contributed by atoms with E-state index in [9.17, 15) is 9.59 Å². The van der Waals surface area contributed by atoms with E-state index in [0.717, 1.165) is 10.0 Å². The van der Waals surface area contributed by atoms with E-state index in [0.29, 0.717) is 13.0 Å². The summed E-state index contributed by atoms with van der Waals surface area (Å²) in [5, 5.41) is 0. The second-order valence-corrected chi connectivity index (χ2v) is 4.67. The Morgan fingerprint density at radius 1 is 1.41 bits per heavy atom. The summed E-state index contributed by atoms with van der Waals surface area (Å²) in [5.41, 5.74) is 0.938. The number of ether oxygens (including phenoxy) is 1. The van der Waals surface area contributed by atoms with Crippen molar-refractivity contribution in [3.63, 3.8) is 0 Å².